The van der Waals surface area contributed by atoms with Crippen LogP contribution in [0.15, 0.2) is 30.5 Å². The van der Waals surface area contributed by atoms with Crippen molar-refractivity contribution in [1.29, 1.82) is 0 Å². The Balaban J connectivity index is 0.00000132. The Morgan fingerprint density at radius 1 is 1.09 bits per heavy atom. The summed E-state index contributed by atoms with van der Waals surface area (Å²) in [4.78, 5) is 4.99. The van der Waals surface area contributed by atoms with Crippen molar-refractivity contribution in [3.63, 3.8) is 0 Å². The molecule has 130 valence electrons. The van der Waals surface area contributed by atoms with Gasteiger partial charge in [0.15, 0.2) is 0 Å². The van der Waals surface area contributed by atoms with Crippen molar-refractivity contribution in [2.24, 2.45) is 0 Å². The summed E-state index contributed by atoms with van der Waals surface area (Å²) in [5.74, 6) is 0. The number of aromatic amines is 1. The van der Waals surface area contributed by atoms with E-state index in [9.17, 15) is 13.2 Å². The van der Waals surface area contributed by atoms with Gasteiger partial charge >= 0.3 is 6.18 Å². The molecule has 0 unspecified atom stereocenters. The number of hydrogen-bond donors (Lipinski definition) is 2. The average molecular weight is 370 g/mol. The summed E-state index contributed by atoms with van der Waals surface area (Å²) < 4.78 is 38.9. The Morgan fingerprint density at radius 2 is 1.78 bits per heavy atom. The molecule has 1 aliphatic rings. The van der Waals surface area contributed by atoms with Crippen LogP contribution in [0.5, 0.6) is 0 Å². The SMILES string of the molecule is Cl.Cl.FC(F)(F)C[C@H](c1ccc2cc[nH]c2c1)N1CCNCC1. The second-order valence-corrected chi connectivity index (χ2v) is 5.45. The van der Waals surface area contributed by atoms with Gasteiger partial charge in [0.2, 0.25) is 0 Å². The molecule has 3 rings (SSSR count). The Morgan fingerprint density at radius 3 is 2.43 bits per heavy atom. The Hall–Kier alpha value is -0.950. The van der Waals surface area contributed by atoms with Crippen LogP contribution in [0.1, 0.15) is 18.0 Å². The summed E-state index contributed by atoms with van der Waals surface area (Å²) >= 11 is 0. The van der Waals surface area contributed by atoms with Crippen molar-refractivity contribution in [2.75, 3.05) is 26.2 Å². The summed E-state index contributed by atoms with van der Waals surface area (Å²) in [5, 5.41) is 4.20. The maximum atomic E-state index is 13.0. The van der Waals surface area contributed by atoms with E-state index in [1.807, 2.05) is 29.2 Å². The summed E-state index contributed by atoms with van der Waals surface area (Å²) in [6.45, 7) is 2.76. The van der Waals surface area contributed by atoms with E-state index < -0.39 is 18.6 Å². The molecule has 2 heterocycles. The van der Waals surface area contributed by atoms with Crippen LogP contribution >= 0.6 is 24.8 Å². The smallest absolute Gasteiger partial charge is 0.361 e. The lowest BCUT2D eigenvalue weighted by atomic mass is 9.99. The van der Waals surface area contributed by atoms with E-state index in [0.29, 0.717) is 13.1 Å². The molecular formula is C15H20Cl2F3N3. The van der Waals surface area contributed by atoms with Crippen LogP contribution in [0.25, 0.3) is 10.9 Å². The fourth-order valence-corrected chi connectivity index (χ4v) is 2.94. The maximum absolute atomic E-state index is 13.0. The van der Waals surface area contributed by atoms with E-state index in [-0.39, 0.29) is 24.8 Å². The van der Waals surface area contributed by atoms with Gasteiger partial charge in [-0.25, -0.2) is 0 Å². The number of hydrogen-bond acceptors (Lipinski definition) is 2. The van der Waals surface area contributed by atoms with Crippen molar-refractivity contribution in [3.8, 4) is 0 Å². The van der Waals surface area contributed by atoms with Gasteiger partial charge in [0.25, 0.3) is 0 Å². The van der Waals surface area contributed by atoms with Gasteiger partial charge < -0.3 is 10.3 Å². The Bertz CT molecular complexity index is 609. The van der Waals surface area contributed by atoms with E-state index in [2.05, 4.69) is 10.3 Å². The third-order valence-electron chi connectivity index (χ3n) is 3.98. The molecule has 1 aliphatic heterocycles. The second kappa shape index (κ2) is 8.24. The molecule has 0 radical (unpaired) electrons. The summed E-state index contributed by atoms with van der Waals surface area (Å²) in [6, 6.07) is 6.84. The highest BCUT2D eigenvalue weighted by atomic mass is 35.5. The first-order valence-electron chi connectivity index (χ1n) is 7.11. The number of nitrogens with one attached hydrogen (secondary N) is 2. The van der Waals surface area contributed by atoms with Crippen molar-refractivity contribution >= 4 is 35.7 Å². The zero-order valence-electron chi connectivity index (χ0n) is 12.4. The number of benzene rings is 1. The first-order chi connectivity index (χ1) is 10.0. The van der Waals surface area contributed by atoms with E-state index in [0.717, 1.165) is 29.6 Å². The fourth-order valence-electron chi connectivity index (χ4n) is 2.94. The summed E-state index contributed by atoms with van der Waals surface area (Å²) in [5.41, 5.74) is 1.61. The first-order valence-corrected chi connectivity index (χ1v) is 7.11. The minimum atomic E-state index is -4.17. The molecule has 23 heavy (non-hydrogen) atoms. The molecular weight excluding hydrogens is 350 g/mol. The van der Waals surface area contributed by atoms with E-state index >= 15 is 0 Å². The number of aromatic nitrogens is 1. The molecule has 0 spiro atoms. The van der Waals surface area contributed by atoms with Crippen molar-refractivity contribution in [1.82, 2.24) is 15.2 Å². The van der Waals surface area contributed by atoms with E-state index in [1.165, 1.54) is 0 Å². The Labute approximate surface area is 145 Å². The zero-order chi connectivity index (χ0) is 14.9. The van der Waals surface area contributed by atoms with Crippen LogP contribution < -0.4 is 5.32 Å². The highest BCUT2D eigenvalue weighted by Crippen LogP contribution is 2.34. The highest BCUT2D eigenvalue weighted by Gasteiger charge is 2.36. The number of piperazine rings is 1. The van der Waals surface area contributed by atoms with Crippen molar-refractivity contribution in [3.05, 3.63) is 36.0 Å². The second-order valence-electron chi connectivity index (χ2n) is 5.45. The van der Waals surface area contributed by atoms with Crippen LogP contribution in [0, 0.1) is 0 Å². The minimum Gasteiger partial charge on any atom is -0.361 e. The van der Waals surface area contributed by atoms with Crippen molar-refractivity contribution in [2.45, 2.75) is 18.6 Å². The molecule has 0 saturated carbocycles. The molecule has 2 N–H and O–H groups in total. The Kier molecular flexibility index (Phi) is 7.20. The standard InChI is InChI=1S/C15H18F3N3.2ClH/c16-15(17,18)10-14(21-7-5-19-6-8-21)12-2-1-11-3-4-20-13(11)9-12;;/h1-4,9,14,19-20H,5-8,10H2;2*1H/t14-;;/m1../s1. The maximum Gasteiger partial charge on any atom is 0.390 e. The van der Waals surface area contributed by atoms with Crippen LogP contribution in [0.2, 0.25) is 0 Å². The number of alkyl halides is 3. The van der Waals surface area contributed by atoms with Gasteiger partial charge in [0, 0.05) is 43.9 Å². The third kappa shape index (κ3) is 5.01. The van der Waals surface area contributed by atoms with E-state index in [4.69, 9.17) is 0 Å². The predicted molar refractivity (Wildman–Crippen MR) is 90.7 cm³/mol. The normalized spacial score (nSPS) is 17.3. The minimum absolute atomic E-state index is 0. The zero-order valence-corrected chi connectivity index (χ0v) is 14.0. The lowest BCUT2D eigenvalue weighted by Gasteiger charge is -2.35. The molecule has 1 fully saturated rings. The molecule has 0 bridgehead atoms. The molecule has 8 heteroatoms. The monoisotopic (exact) mass is 369 g/mol. The number of halogens is 5. The summed E-state index contributed by atoms with van der Waals surface area (Å²) in [7, 11) is 0. The lowest BCUT2D eigenvalue weighted by Crippen LogP contribution is -2.46. The number of rotatable bonds is 3. The number of nitrogens with zero attached hydrogens (tertiary/aromatic N) is 1. The van der Waals surface area contributed by atoms with Gasteiger partial charge in [0.1, 0.15) is 0 Å². The third-order valence-corrected chi connectivity index (χ3v) is 3.98. The number of fused-ring (bicyclic) bond motifs is 1. The lowest BCUT2D eigenvalue weighted by molar-refractivity contribution is -0.148. The van der Waals surface area contributed by atoms with Crippen molar-refractivity contribution < 1.29 is 13.2 Å². The van der Waals surface area contributed by atoms with Crippen LogP contribution in [0.3, 0.4) is 0 Å². The van der Waals surface area contributed by atoms with Gasteiger partial charge in [-0.2, -0.15) is 13.2 Å². The molecule has 1 atom stereocenters. The van der Waals surface area contributed by atoms with Crippen LogP contribution in [-0.2, 0) is 0 Å². The first kappa shape index (κ1) is 20.1. The number of H-pyrrole nitrogens is 1. The summed E-state index contributed by atoms with van der Waals surface area (Å²) in [6.07, 6.45) is -3.17. The largest absolute Gasteiger partial charge is 0.390 e. The van der Waals surface area contributed by atoms with Gasteiger partial charge in [-0.1, -0.05) is 12.1 Å². The quantitative estimate of drug-likeness (QED) is 0.859. The molecule has 2 aromatic rings. The fraction of sp³-hybridized carbons (Fsp3) is 0.467. The molecule has 1 saturated heterocycles. The van der Waals surface area contributed by atoms with Gasteiger partial charge in [-0.15, -0.1) is 24.8 Å². The average Bonchev–Trinajstić information content (AvgIpc) is 2.92. The van der Waals surface area contributed by atoms with Crippen LogP contribution in [-0.4, -0.2) is 42.2 Å². The van der Waals surface area contributed by atoms with Gasteiger partial charge in [0.05, 0.1) is 6.42 Å². The van der Waals surface area contributed by atoms with Gasteiger partial charge in [-0.05, 0) is 23.1 Å². The molecule has 1 aromatic heterocycles. The highest BCUT2D eigenvalue weighted by molar-refractivity contribution is 5.85. The molecule has 0 aliphatic carbocycles. The topological polar surface area (TPSA) is 31.1 Å². The molecule has 3 nitrogen and oxygen atoms in total. The van der Waals surface area contributed by atoms with Crippen LogP contribution in [0.4, 0.5) is 13.2 Å². The predicted octanol–water partition coefficient (Wildman–Crippen LogP) is 3.91. The van der Waals surface area contributed by atoms with Gasteiger partial charge in [-0.3, -0.25) is 4.90 Å². The molecule has 0 amide bonds. The molecule has 1 aromatic carbocycles. The van der Waals surface area contributed by atoms with E-state index in [1.54, 1.807) is 6.20 Å².